The first-order valence-corrected chi connectivity index (χ1v) is 10.5. The summed E-state index contributed by atoms with van der Waals surface area (Å²) in [4.78, 5) is 0.398. The van der Waals surface area contributed by atoms with E-state index in [-0.39, 0.29) is 5.75 Å². The number of rotatable bonds is 4. The van der Waals surface area contributed by atoms with E-state index in [0.717, 1.165) is 0 Å². The van der Waals surface area contributed by atoms with Crippen LogP contribution in [0.2, 0.25) is 19.6 Å². The molecule has 0 aliphatic heterocycles. The number of benzene rings is 1. The molecule has 0 saturated heterocycles. The molecule has 0 aliphatic carbocycles. The molecule has 1 aromatic carbocycles. The van der Waals surface area contributed by atoms with E-state index >= 15 is 0 Å². The summed E-state index contributed by atoms with van der Waals surface area (Å²) in [6, 6.07) is 8.58. The Hall–Kier alpha value is -0.873. The second-order valence-electron chi connectivity index (χ2n) is 4.86. The van der Waals surface area contributed by atoms with E-state index in [9.17, 15) is 8.42 Å². The predicted molar refractivity (Wildman–Crippen MR) is 71.0 cm³/mol. The largest absolute Gasteiger partial charge is 0.223 e. The molecule has 0 heterocycles. The molecule has 0 bridgehead atoms. The van der Waals surface area contributed by atoms with Crippen molar-refractivity contribution in [3.8, 4) is 0 Å². The van der Waals surface area contributed by atoms with Crippen LogP contribution in [0.15, 0.2) is 47.0 Å². The van der Waals surface area contributed by atoms with Gasteiger partial charge in [0, 0.05) is 0 Å². The molecular formula is C12H18O2SSi. The molecule has 0 spiro atoms. The van der Waals surface area contributed by atoms with E-state index < -0.39 is 17.9 Å². The van der Waals surface area contributed by atoms with Crippen LogP contribution in [0.25, 0.3) is 0 Å². The van der Waals surface area contributed by atoms with Gasteiger partial charge in [-0.2, -0.15) is 0 Å². The highest BCUT2D eigenvalue weighted by Crippen LogP contribution is 2.11. The van der Waals surface area contributed by atoms with Crippen LogP contribution in [-0.4, -0.2) is 22.2 Å². The number of hydrogen-bond donors (Lipinski definition) is 0. The molecule has 0 N–H and O–H groups in total. The highest BCUT2D eigenvalue weighted by atomic mass is 32.2. The van der Waals surface area contributed by atoms with Crippen LogP contribution >= 0.6 is 0 Å². The van der Waals surface area contributed by atoms with E-state index in [2.05, 4.69) is 25.3 Å². The minimum absolute atomic E-state index is 0.0985. The molecule has 4 heteroatoms. The van der Waals surface area contributed by atoms with E-state index in [1.165, 1.54) is 0 Å². The van der Waals surface area contributed by atoms with E-state index in [4.69, 9.17) is 0 Å². The fourth-order valence-corrected chi connectivity index (χ4v) is 3.36. The first kappa shape index (κ1) is 13.2. The molecule has 0 radical (unpaired) electrons. The summed E-state index contributed by atoms with van der Waals surface area (Å²) in [7, 11) is -4.45. The number of hydrogen-bond acceptors (Lipinski definition) is 2. The highest BCUT2D eigenvalue weighted by molar-refractivity contribution is 7.91. The summed E-state index contributed by atoms with van der Waals surface area (Å²) in [6.45, 7) is 6.54. The van der Waals surface area contributed by atoms with Gasteiger partial charge in [0.15, 0.2) is 9.84 Å². The average Bonchev–Trinajstić information content (AvgIpc) is 2.17. The Bertz CT molecular complexity index is 456. The molecule has 0 saturated carbocycles. The van der Waals surface area contributed by atoms with Gasteiger partial charge in [-0.3, -0.25) is 0 Å². The SMILES string of the molecule is C[Si](C)(C)/C=C/CS(=O)(=O)c1ccccc1. The van der Waals surface area contributed by atoms with Gasteiger partial charge in [-0.1, -0.05) is 49.6 Å². The fraction of sp³-hybridized carbons (Fsp3) is 0.333. The summed E-state index contributed by atoms with van der Waals surface area (Å²) in [5.74, 6) is 0.0985. The lowest BCUT2D eigenvalue weighted by Gasteiger charge is -2.08. The summed E-state index contributed by atoms with van der Waals surface area (Å²) >= 11 is 0. The lowest BCUT2D eigenvalue weighted by atomic mass is 10.4. The van der Waals surface area contributed by atoms with Crippen molar-refractivity contribution in [3.05, 3.63) is 42.1 Å². The minimum Gasteiger partial charge on any atom is -0.223 e. The van der Waals surface area contributed by atoms with Crippen molar-refractivity contribution in [2.45, 2.75) is 24.5 Å². The molecule has 0 amide bonds. The van der Waals surface area contributed by atoms with Gasteiger partial charge < -0.3 is 0 Å². The Morgan fingerprint density at radius 1 is 1.12 bits per heavy atom. The highest BCUT2D eigenvalue weighted by Gasteiger charge is 2.12. The fourth-order valence-electron chi connectivity index (χ4n) is 1.25. The predicted octanol–water partition coefficient (Wildman–Crippen LogP) is 2.89. The minimum atomic E-state index is -3.15. The average molecular weight is 254 g/mol. The van der Waals surface area contributed by atoms with Gasteiger partial charge in [0.25, 0.3) is 0 Å². The van der Waals surface area contributed by atoms with Gasteiger partial charge in [-0.05, 0) is 12.1 Å². The van der Waals surface area contributed by atoms with Gasteiger partial charge in [0.05, 0.1) is 18.7 Å². The molecule has 0 unspecified atom stereocenters. The quantitative estimate of drug-likeness (QED) is 0.774. The van der Waals surface area contributed by atoms with Gasteiger partial charge in [-0.25, -0.2) is 8.42 Å². The van der Waals surface area contributed by atoms with Crippen molar-refractivity contribution in [1.82, 2.24) is 0 Å². The Balaban J connectivity index is 2.79. The van der Waals surface area contributed by atoms with E-state index in [1.807, 2.05) is 6.07 Å². The zero-order chi connectivity index (χ0) is 12.2. The Morgan fingerprint density at radius 2 is 1.69 bits per heavy atom. The first-order chi connectivity index (χ1) is 7.31. The Kier molecular flexibility index (Phi) is 4.10. The monoisotopic (exact) mass is 254 g/mol. The molecule has 88 valence electrons. The Labute approximate surface area is 98.9 Å². The summed E-state index contributed by atoms with van der Waals surface area (Å²) in [5.41, 5.74) is 2.06. The van der Waals surface area contributed by atoms with Gasteiger partial charge in [0.2, 0.25) is 0 Å². The smallest absolute Gasteiger partial charge is 0.181 e. The van der Waals surface area contributed by atoms with Crippen LogP contribution in [0, 0.1) is 0 Å². The summed E-state index contributed by atoms with van der Waals surface area (Å²) < 4.78 is 23.8. The molecular weight excluding hydrogens is 236 g/mol. The van der Waals surface area contributed by atoms with Gasteiger partial charge in [0.1, 0.15) is 0 Å². The van der Waals surface area contributed by atoms with E-state index in [1.54, 1.807) is 30.3 Å². The molecule has 0 aromatic heterocycles. The zero-order valence-electron chi connectivity index (χ0n) is 9.97. The third-order valence-electron chi connectivity index (χ3n) is 2.04. The molecule has 16 heavy (non-hydrogen) atoms. The summed E-state index contributed by atoms with van der Waals surface area (Å²) in [6.07, 6.45) is 1.79. The van der Waals surface area contributed by atoms with Crippen molar-refractivity contribution in [2.24, 2.45) is 0 Å². The second-order valence-corrected chi connectivity index (χ2v) is 12.0. The maximum Gasteiger partial charge on any atom is 0.181 e. The van der Waals surface area contributed by atoms with Crippen LogP contribution in [0.1, 0.15) is 0 Å². The van der Waals surface area contributed by atoms with Crippen molar-refractivity contribution < 1.29 is 8.42 Å². The topological polar surface area (TPSA) is 34.1 Å². The van der Waals surface area contributed by atoms with Crippen molar-refractivity contribution in [1.29, 1.82) is 0 Å². The Morgan fingerprint density at radius 3 is 2.19 bits per heavy atom. The van der Waals surface area contributed by atoms with Crippen molar-refractivity contribution in [2.75, 3.05) is 5.75 Å². The maximum atomic E-state index is 11.9. The normalized spacial score (nSPS) is 13.2. The van der Waals surface area contributed by atoms with E-state index in [0.29, 0.717) is 4.90 Å². The van der Waals surface area contributed by atoms with Crippen LogP contribution in [0.4, 0.5) is 0 Å². The molecule has 1 rings (SSSR count). The molecule has 0 fully saturated rings. The number of sulfone groups is 1. The van der Waals surface area contributed by atoms with Crippen molar-refractivity contribution in [3.63, 3.8) is 0 Å². The first-order valence-electron chi connectivity index (χ1n) is 5.27. The lowest BCUT2D eigenvalue weighted by molar-refractivity contribution is 0.599. The van der Waals surface area contributed by atoms with Crippen LogP contribution in [0.3, 0.4) is 0 Å². The van der Waals surface area contributed by atoms with Crippen LogP contribution < -0.4 is 0 Å². The third kappa shape index (κ3) is 4.33. The summed E-state index contributed by atoms with van der Waals surface area (Å²) in [5, 5.41) is 0. The van der Waals surface area contributed by atoms with Gasteiger partial charge in [-0.15, -0.1) is 0 Å². The second kappa shape index (κ2) is 4.97. The third-order valence-corrected chi connectivity index (χ3v) is 4.89. The van der Waals surface area contributed by atoms with Crippen LogP contribution in [0.5, 0.6) is 0 Å². The zero-order valence-corrected chi connectivity index (χ0v) is 11.8. The van der Waals surface area contributed by atoms with Crippen molar-refractivity contribution >= 4 is 17.9 Å². The van der Waals surface area contributed by atoms with Crippen LogP contribution in [-0.2, 0) is 9.84 Å². The molecule has 1 aromatic rings. The maximum absolute atomic E-state index is 11.9. The molecule has 2 nitrogen and oxygen atoms in total. The molecule has 0 atom stereocenters. The standard InChI is InChI=1S/C12H18O2SSi/c1-16(2,3)11-7-10-15(13,14)12-8-5-4-6-9-12/h4-9,11H,10H2,1-3H3/b11-7+. The lowest BCUT2D eigenvalue weighted by Crippen LogP contribution is -2.16. The molecule has 0 aliphatic rings. The van der Waals surface area contributed by atoms with Gasteiger partial charge >= 0.3 is 0 Å².